The highest BCUT2D eigenvalue weighted by Crippen LogP contribution is 2.40. The molecule has 0 aliphatic heterocycles. The summed E-state index contributed by atoms with van der Waals surface area (Å²) in [5.74, 6) is 1.27. The quantitative estimate of drug-likeness (QED) is 0.795. The van der Waals surface area contributed by atoms with E-state index in [1.807, 2.05) is 18.4 Å². The van der Waals surface area contributed by atoms with Gasteiger partial charge in [-0.05, 0) is 18.1 Å². The summed E-state index contributed by atoms with van der Waals surface area (Å²) < 4.78 is 10.6. The number of thiazole rings is 1. The zero-order valence-electron chi connectivity index (χ0n) is 11.7. The van der Waals surface area contributed by atoms with Crippen LogP contribution >= 0.6 is 11.3 Å². The van der Waals surface area contributed by atoms with E-state index in [0.29, 0.717) is 17.1 Å². The van der Waals surface area contributed by atoms with Gasteiger partial charge in [0.15, 0.2) is 5.76 Å². The lowest BCUT2D eigenvalue weighted by molar-refractivity contribution is 0.401. The van der Waals surface area contributed by atoms with Crippen molar-refractivity contribution in [3.63, 3.8) is 0 Å². The van der Waals surface area contributed by atoms with Crippen LogP contribution in [0, 0.1) is 0 Å². The van der Waals surface area contributed by atoms with E-state index in [1.54, 1.807) is 24.9 Å². The van der Waals surface area contributed by atoms with Gasteiger partial charge in [-0.3, -0.25) is 0 Å². The molecule has 1 N–H and O–H groups in total. The van der Waals surface area contributed by atoms with Gasteiger partial charge in [-0.25, -0.2) is 4.98 Å². The summed E-state index contributed by atoms with van der Waals surface area (Å²) in [4.78, 5) is 4.26. The molecule has 0 amide bonds. The highest BCUT2D eigenvalue weighted by Gasteiger charge is 2.19. The van der Waals surface area contributed by atoms with Crippen LogP contribution in [-0.4, -0.2) is 22.4 Å². The van der Waals surface area contributed by atoms with Gasteiger partial charge >= 0.3 is 0 Å². The van der Waals surface area contributed by atoms with Crippen LogP contribution < -0.4 is 4.74 Å². The zero-order chi connectivity index (χ0) is 14.8. The van der Waals surface area contributed by atoms with Crippen molar-refractivity contribution in [1.29, 1.82) is 0 Å². The summed E-state index contributed by atoms with van der Waals surface area (Å²) in [6.45, 7) is 2.03. The topological polar surface area (TPSA) is 68.4 Å². The smallest absolute Gasteiger partial charge is 0.179 e. The van der Waals surface area contributed by atoms with Crippen molar-refractivity contribution in [2.24, 2.45) is 0 Å². The number of aryl methyl sites for hydroxylation is 1. The molecule has 2 heterocycles. The number of hydrogen-bond acceptors (Lipinski definition) is 6. The van der Waals surface area contributed by atoms with Crippen molar-refractivity contribution in [3.05, 3.63) is 34.8 Å². The van der Waals surface area contributed by atoms with Gasteiger partial charge in [0.25, 0.3) is 0 Å². The predicted molar refractivity (Wildman–Crippen MR) is 80.6 cm³/mol. The molecule has 3 aromatic rings. The van der Waals surface area contributed by atoms with Crippen LogP contribution in [0.1, 0.15) is 12.5 Å². The van der Waals surface area contributed by atoms with Crippen LogP contribution in [0.4, 0.5) is 0 Å². The molecule has 0 fully saturated rings. The second-order valence-electron chi connectivity index (χ2n) is 4.48. The van der Waals surface area contributed by atoms with E-state index >= 15 is 0 Å². The van der Waals surface area contributed by atoms with Crippen molar-refractivity contribution in [2.45, 2.75) is 13.3 Å². The van der Waals surface area contributed by atoms with Crippen molar-refractivity contribution >= 4 is 11.3 Å². The number of aromatic nitrogens is 2. The third-order valence-electron chi connectivity index (χ3n) is 3.30. The van der Waals surface area contributed by atoms with Crippen LogP contribution in [-0.2, 0) is 6.42 Å². The molecule has 0 saturated carbocycles. The predicted octanol–water partition coefficient (Wildman–Crippen LogP) is 3.74. The van der Waals surface area contributed by atoms with Gasteiger partial charge in [-0.15, -0.1) is 11.3 Å². The fourth-order valence-electron chi connectivity index (χ4n) is 2.22. The minimum absolute atomic E-state index is 0.0947. The number of phenolic OH excluding ortho intramolecular Hbond substituents is 1. The number of rotatable bonds is 4. The summed E-state index contributed by atoms with van der Waals surface area (Å²) in [6.07, 6.45) is 2.40. The van der Waals surface area contributed by atoms with Gasteiger partial charge in [-0.1, -0.05) is 12.1 Å². The van der Waals surface area contributed by atoms with Crippen molar-refractivity contribution < 1.29 is 14.4 Å². The summed E-state index contributed by atoms with van der Waals surface area (Å²) in [7, 11) is 1.59. The van der Waals surface area contributed by atoms with Crippen LogP contribution in [0.25, 0.3) is 22.6 Å². The molecule has 0 radical (unpaired) electrons. The number of hydrogen-bond donors (Lipinski definition) is 1. The highest BCUT2D eigenvalue weighted by molar-refractivity contribution is 7.07. The number of aromatic hydroxyl groups is 1. The van der Waals surface area contributed by atoms with Crippen LogP contribution in [0.5, 0.6) is 11.5 Å². The first-order valence-electron chi connectivity index (χ1n) is 6.48. The average molecular weight is 302 g/mol. The molecule has 0 aliphatic rings. The molecule has 0 aliphatic carbocycles. The maximum absolute atomic E-state index is 10.3. The first-order chi connectivity index (χ1) is 10.2. The Labute approximate surface area is 125 Å². The summed E-state index contributed by atoms with van der Waals surface area (Å²) >= 11 is 1.50. The van der Waals surface area contributed by atoms with Crippen LogP contribution in [0.2, 0.25) is 0 Å². The highest BCUT2D eigenvalue weighted by atomic mass is 32.1. The van der Waals surface area contributed by atoms with E-state index in [1.165, 1.54) is 11.3 Å². The number of nitrogens with zero attached hydrogens (tertiary/aromatic N) is 2. The Bertz CT molecular complexity index is 750. The van der Waals surface area contributed by atoms with E-state index in [4.69, 9.17) is 9.26 Å². The Morgan fingerprint density at radius 1 is 1.33 bits per heavy atom. The molecule has 3 rings (SSSR count). The van der Waals surface area contributed by atoms with Gasteiger partial charge in [0.1, 0.15) is 11.5 Å². The van der Waals surface area contributed by atoms with E-state index in [0.717, 1.165) is 23.2 Å². The first kappa shape index (κ1) is 13.6. The van der Waals surface area contributed by atoms with Crippen molar-refractivity contribution in [3.8, 4) is 34.1 Å². The fraction of sp³-hybridized carbons (Fsp3) is 0.200. The molecular weight excluding hydrogens is 288 g/mol. The molecule has 21 heavy (non-hydrogen) atoms. The zero-order valence-corrected chi connectivity index (χ0v) is 12.5. The molecule has 0 unspecified atom stereocenters. The van der Waals surface area contributed by atoms with Crippen LogP contribution in [0.3, 0.4) is 0 Å². The first-order valence-corrected chi connectivity index (χ1v) is 7.42. The Kier molecular flexibility index (Phi) is 3.62. The Hall–Kier alpha value is -2.34. The molecule has 5 nitrogen and oxygen atoms in total. The van der Waals surface area contributed by atoms with Crippen LogP contribution in [0.15, 0.2) is 33.7 Å². The average Bonchev–Trinajstić information content (AvgIpc) is 3.17. The molecular formula is C15H14N2O3S. The largest absolute Gasteiger partial charge is 0.507 e. The van der Waals surface area contributed by atoms with Gasteiger partial charge in [0.2, 0.25) is 0 Å². The lowest BCUT2D eigenvalue weighted by atomic mass is 10.0. The van der Waals surface area contributed by atoms with Gasteiger partial charge < -0.3 is 14.4 Å². The molecule has 0 saturated heterocycles. The molecule has 0 atom stereocenters. The summed E-state index contributed by atoms with van der Waals surface area (Å²) in [5, 5.41) is 16.0. The van der Waals surface area contributed by atoms with E-state index in [2.05, 4.69) is 10.1 Å². The Morgan fingerprint density at radius 2 is 2.19 bits per heavy atom. The Balaban J connectivity index is 2.16. The fourth-order valence-corrected chi connectivity index (χ4v) is 2.78. The number of benzene rings is 1. The molecule has 2 aromatic heterocycles. The van der Waals surface area contributed by atoms with Gasteiger partial charge in [0.05, 0.1) is 35.6 Å². The minimum atomic E-state index is 0.0947. The van der Waals surface area contributed by atoms with E-state index in [-0.39, 0.29) is 5.75 Å². The number of phenols is 1. The summed E-state index contributed by atoms with van der Waals surface area (Å²) in [6, 6.07) is 3.46. The lowest BCUT2D eigenvalue weighted by Crippen LogP contribution is -1.92. The van der Waals surface area contributed by atoms with Crippen molar-refractivity contribution in [1.82, 2.24) is 10.1 Å². The number of methoxy groups -OCH3 is 1. The van der Waals surface area contributed by atoms with E-state index in [9.17, 15) is 5.11 Å². The second-order valence-corrected chi connectivity index (χ2v) is 5.20. The minimum Gasteiger partial charge on any atom is -0.507 e. The second kappa shape index (κ2) is 5.57. The summed E-state index contributed by atoms with van der Waals surface area (Å²) in [5.41, 5.74) is 4.87. The maximum atomic E-state index is 10.3. The monoisotopic (exact) mass is 302 g/mol. The SMILES string of the molecule is CCc1cc(-c2oncc2-c2cscn2)c(O)cc1OC. The maximum Gasteiger partial charge on any atom is 0.179 e. The molecule has 6 heteroatoms. The molecule has 108 valence electrons. The molecule has 0 spiro atoms. The van der Waals surface area contributed by atoms with E-state index < -0.39 is 0 Å². The molecule has 1 aromatic carbocycles. The normalized spacial score (nSPS) is 10.8. The van der Waals surface area contributed by atoms with Crippen molar-refractivity contribution in [2.75, 3.05) is 7.11 Å². The Morgan fingerprint density at radius 3 is 2.86 bits per heavy atom. The number of ether oxygens (including phenoxy) is 1. The van der Waals surface area contributed by atoms with Gasteiger partial charge in [0, 0.05) is 11.4 Å². The third kappa shape index (κ3) is 2.38. The van der Waals surface area contributed by atoms with Gasteiger partial charge in [-0.2, -0.15) is 0 Å². The third-order valence-corrected chi connectivity index (χ3v) is 3.89. The lowest BCUT2D eigenvalue weighted by Gasteiger charge is -2.10. The molecule has 0 bridgehead atoms. The standard InChI is InChI=1S/C15H14N2O3S/c1-3-9-4-10(13(18)5-14(9)19-2)15-11(6-17-20-15)12-7-21-8-16-12/h4-8,18H,3H2,1-2H3.